The van der Waals surface area contributed by atoms with E-state index in [4.69, 9.17) is 0 Å². The van der Waals surface area contributed by atoms with Crippen LogP contribution < -0.4 is 4.90 Å². The van der Waals surface area contributed by atoms with Crippen LogP contribution in [-0.4, -0.2) is 42.0 Å². The second kappa shape index (κ2) is 6.12. The highest BCUT2D eigenvalue weighted by Gasteiger charge is 2.34. The zero-order valence-corrected chi connectivity index (χ0v) is 13.9. The maximum Gasteiger partial charge on any atom is 0.427 e. The summed E-state index contributed by atoms with van der Waals surface area (Å²) in [6.07, 6.45) is -3.49. The average molecular weight is 361 g/mol. The number of aryl methyl sites for hydroxylation is 1. The molecule has 9 heteroatoms. The normalized spacial score (nSPS) is 16.0. The largest absolute Gasteiger partial charge is 0.427 e. The summed E-state index contributed by atoms with van der Waals surface area (Å²) in [6.45, 7) is 3.88. The Bertz CT molecular complexity index is 702. The van der Waals surface area contributed by atoms with E-state index < -0.39 is 11.1 Å². The van der Waals surface area contributed by atoms with Crippen molar-refractivity contribution in [1.29, 1.82) is 0 Å². The van der Waals surface area contributed by atoms with Crippen molar-refractivity contribution in [2.24, 2.45) is 0 Å². The molecule has 0 saturated carbocycles. The van der Waals surface area contributed by atoms with Crippen molar-refractivity contribution in [3.63, 3.8) is 0 Å². The van der Waals surface area contributed by atoms with E-state index in [0.717, 1.165) is 11.1 Å². The zero-order chi connectivity index (χ0) is 16.6. The van der Waals surface area contributed by atoms with Crippen LogP contribution in [0.5, 0.6) is 0 Å². The van der Waals surface area contributed by atoms with Crippen molar-refractivity contribution in [2.75, 3.05) is 31.1 Å². The van der Waals surface area contributed by atoms with E-state index in [1.165, 1.54) is 11.3 Å². The lowest BCUT2D eigenvalue weighted by Crippen LogP contribution is -2.48. The molecule has 0 spiro atoms. The fraction of sp³-hybridized carbons (Fsp3) is 0.429. The van der Waals surface area contributed by atoms with Crippen LogP contribution in [0.2, 0.25) is 0 Å². The van der Waals surface area contributed by atoms with E-state index in [0.29, 0.717) is 47.5 Å². The first-order chi connectivity index (χ1) is 10.8. The Kier molecular flexibility index (Phi) is 4.33. The molecule has 0 atom stereocenters. The molecule has 0 aliphatic carbocycles. The maximum absolute atomic E-state index is 12.6. The topological polar surface area (TPSA) is 36.4 Å². The lowest BCUT2D eigenvalue weighted by molar-refractivity contribution is -0.134. The summed E-state index contributed by atoms with van der Waals surface area (Å²) in [6, 6.07) is 3.72. The molecule has 3 heterocycles. The first kappa shape index (κ1) is 16.3. The van der Waals surface area contributed by atoms with Crippen LogP contribution >= 0.6 is 22.7 Å². The molecule has 0 bridgehead atoms. The van der Waals surface area contributed by atoms with Crippen LogP contribution in [0.3, 0.4) is 0 Å². The fourth-order valence-electron chi connectivity index (χ4n) is 2.35. The highest BCUT2D eigenvalue weighted by atomic mass is 32.1. The van der Waals surface area contributed by atoms with Gasteiger partial charge in [-0.1, -0.05) is 11.3 Å². The van der Waals surface area contributed by atoms with E-state index in [2.05, 4.69) is 4.98 Å². The van der Waals surface area contributed by atoms with Gasteiger partial charge >= 0.3 is 6.18 Å². The van der Waals surface area contributed by atoms with Gasteiger partial charge in [0.2, 0.25) is 0 Å². The minimum atomic E-state index is -4.36. The van der Waals surface area contributed by atoms with Crippen molar-refractivity contribution in [1.82, 2.24) is 9.88 Å². The summed E-state index contributed by atoms with van der Waals surface area (Å²) < 4.78 is 37.9. The molecule has 2 aromatic heterocycles. The predicted octanol–water partition coefficient (Wildman–Crippen LogP) is 3.49. The third kappa shape index (κ3) is 3.50. The summed E-state index contributed by atoms with van der Waals surface area (Å²) in [7, 11) is 0. The number of aromatic nitrogens is 1. The zero-order valence-electron chi connectivity index (χ0n) is 12.3. The molecule has 1 aliphatic heterocycles. The number of amides is 1. The Hall–Kier alpha value is -1.61. The first-order valence-corrected chi connectivity index (χ1v) is 8.61. The van der Waals surface area contributed by atoms with Crippen molar-refractivity contribution < 1.29 is 18.0 Å². The molecule has 0 unspecified atom stereocenters. The molecular weight excluding hydrogens is 347 g/mol. The van der Waals surface area contributed by atoms with Crippen molar-refractivity contribution in [2.45, 2.75) is 13.1 Å². The third-order valence-corrected chi connectivity index (χ3v) is 5.65. The highest BCUT2D eigenvalue weighted by molar-refractivity contribution is 7.15. The highest BCUT2D eigenvalue weighted by Crippen LogP contribution is 2.36. The van der Waals surface area contributed by atoms with Crippen LogP contribution in [0.15, 0.2) is 18.3 Å². The van der Waals surface area contributed by atoms with E-state index >= 15 is 0 Å². The quantitative estimate of drug-likeness (QED) is 0.822. The van der Waals surface area contributed by atoms with E-state index in [1.807, 2.05) is 19.1 Å². The SMILES string of the molecule is Cc1ccc(C(=O)N2CCN(c3ncc(C(F)(F)F)s3)CC2)s1. The molecular formula is C14H14F3N3OS2. The average Bonchev–Trinajstić information content (AvgIpc) is 3.15. The predicted molar refractivity (Wildman–Crippen MR) is 84.3 cm³/mol. The molecule has 3 rings (SSSR count). The van der Waals surface area contributed by atoms with E-state index in [-0.39, 0.29) is 5.91 Å². The number of halogens is 3. The van der Waals surface area contributed by atoms with Gasteiger partial charge in [-0.05, 0) is 19.1 Å². The van der Waals surface area contributed by atoms with Gasteiger partial charge in [0.05, 0.1) is 11.1 Å². The fourth-order valence-corrected chi connectivity index (χ4v) is 4.02. The summed E-state index contributed by atoms with van der Waals surface area (Å²) in [5.74, 6) is -0.0159. The Morgan fingerprint density at radius 1 is 1.17 bits per heavy atom. The number of thiazole rings is 1. The lowest BCUT2D eigenvalue weighted by Gasteiger charge is -2.34. The molecule has 1 saturated heterocycles. The summed E-state index contributed by atoms with van der Waals surface area (Å²) in [4.78, 5) is 20.8. The molecule has 4 nitrogen and oxygen atoms in total. The van der Waals surface area contributed by atoms with Crippen molar-refractivity contribution in [3.05, 3.63) is 33.0 Å². The Balaban J connectivity index is 1.62. The first-order valence-electron chi connectivity index (χ1n) is 6.98. The van der Waals surface area contributed by atoms with Crippen LogP contribution in [-0.2, 0) is 6.18 Å². The van der Waals surface area contributed by atoms with Gasteiger partial charge in [0, 0.05) is 31.1 Å². The van der Waals surface area contributed by atoms with Gasteiger partial charge in [-0.15, -0.1) is 11.3 Å². The molecule has 0 aromatic carbocycles. The molecule has 1 amide bonds. The van der Waals surface area contributed by atoms with Gasteiger partial charge in [-0.25, -0.2) is 4.98 Å². The van der Waals surface area contributed by atoms with Gasteiger partial charge in [-0.2, -0.15) is 13.2 Å². The number of thiophene rings is 1. The number of nitrogens with zero attached hydrogens (tertiary/aromatic N) is 3. The Labute approximate surface area is 139 Å². The summed E-state index contributed by atoms with van der Waals surface area (Å²) >= 11 is 2.10. The van der Waals surface area contributed by atoms with Crippen LogP contribution in [0.1, 0.15) is 19.4 Å². The molecule has 124 valence electrons. The minimum Gasteiger partial charge on any atom is -0.345 e. The van der Waals surface area contributed by atoms with Crippen LogP contribution in [0.25, 0.3) is 0 Å². The van der Waals surface area contributed by atoms with Crippen molar-refractivity contribution in [3.8, 4) is 0 Å². The molecule has 23 heavy (non-hydrogen) atoms. The Morgan fingerprint density at radius 2 is 1.87 bits per heavy atom. The number of alkyl halides is 3. The second-order valence-corrected chi connectivity index (χ2v) is 7.49. The standard InChI is InChI=1S/C14H14F3N3OS2/c1-9-2-3-10(22-9)12(21)19-4-6-20(7-5-19)13-18-8-11(23-13)14(15,16)17/h2-3,8H,4-7H2,1H3. The Morgan fingerprint density at radius 3 is 2.39 bits per heavy atom. The van der Waals surface area contributed by atoms with Gasteiger partial charge in [0.15, 0.2) is 5.13 Å². The number of anilines is 1. The molecule has 0 N–H and O–H groups in total. The number of carbonyl (C=O) groups excluding carboxylic acids is 1. The number of hydrogen-bond acceptors (Lipinski definition) is 5. The number of hydrogen-bond donors (Lipinski definition) is 0. The van der Waals surface area contributed by atoms with Gasteiger partial charge in [-0.3, -0.25) is 4.79 Å². The van der Waals surface area contributed by atoms with Crippen LogP contribution in [0.4, 0.5) is 18.3 Å². The number of rotatable bonds is 2. The van der Waals surface area contributed by atoms with Gasteiger partial charge < -0.3 is 9.80 Å². The van der Waals surface area contributed by atoms with Crippen molar-refractivity contribution >= 4 is 33.7 Å². The number of piperazine rings is 1. The maximum atomic E-state index is 12.6. The molecule has 1 fully saturated rings. The smallest absolute Gasteiger partial charge is 0.345 e. The van der Waals surface area contributed by atoms with Gasteiger partial charge in [0.1, 0.15) is 4.88 Å². The second-order valence-electron chi connectivity index (χ2n) is 5.19. The molecule has 1 aliphatic rings. The molecule has 2 aromatic rings. The third-order valence-electron chi connectivity index (χ3n) is 3.56. The molecule has 0 radical (unpaired) electrons. The monoisotopic (exact) mass is 361 g/mol. The number of carbonyl (C=O) groups is 1. The van der Waals surface area contributed by atoms with E-state index in [1.54, 1.807) is 9.80 Å². The summed E-state index contributed by atoms with van der Waals surface area (Å²) in [5.41, 5.74) is 0. The lowest BCUT2D eigenvalue weighted by atomic mass is 10.3. The van der Waals surface area contributed by atoms with E-state index in [9.17, 15) is 18.0 Å². The van der Waals surface area contributed by atoms with Gasteiger partial charge in [0.25, 0.3) is 5.91 Å². The van der Waals surface area contributed by atoms with Crippen LogP contribution in [0, 0.1) is 6.92 Å². The summed E-state index contributed by atoms with van der Waals surface area (Å²) in [5, 5.41) is 0.358. The minimum absolute atomic E-state index is 0.0159.